The fourth-order valence-electron chi connectivity index (χ4n) is 4.87. The minimum atomic E-state index is -1.06. The Morgan fingerprint density at radius 1 is 0.756 bits per heavy atom. The van der Waals surface area contributed by atoms with Crippen molar-refractivity contribution in [2.24, 2.45) is 11.8 Å². The van der Waals surface area contributed by atoms with Crippen molar-refractivity contribution < 1.29 is 28.6 Å². The van der Waals surface area contributed by atoms with Gasteiger partial charge in [-0.15, -0.1) is 0 Å². The summed E-state index contributed by atoms with van der Waals surface area (Å²) >= 11 is 1.54. The Bertz CT molecular complexity index is 1390. The van der Waals surface area contributed by atoms with E-state index in [1.807, 2.05) is 78.9 Å². The number of rotatable bonds is 13. The number of esters is 2. The van der Waals surface area contributed by atoms with E-state index in [9.17, 15) is 14.4 Å². The van der Waals surface area contributed by atoms with Crippen LogP contribution in [0.1, 0.15) is 69.8 Å². The maximum atomic E-state index is 14.2. The summed E-state index contributed by atoms with van der Waals surface area (Å²) in [6, 6.07) is 23.9. The van der Waals surface area contributed by atoms with Crippen LogP contribution in [0.25, 0.3) is 0 Å². The van der Waals surface area contributed by atoms with Gasteiger partial charge < -0.3 is 19.5 Å². The van der Waals surface area contributed by atoms with Crippen molar-refractivity contribution in [3.8, 4) is 5.75 Å². The summed E-state index contributed by atoms with van der Waals surface area (Å²) in [7, 11) is 2.95. The van der Waals surface area contributed by atoms with Gasteiger partial charge in [0.15, 0.2) is 6.04 Å². The van der Waals surface area contributed by atoms with Crippen LogP contribution in [-0.4, -0.2) is 43.4 Å². The first kappa shape index (κ1) is 35.7. The number of ether oxygens (including phenoxy) is 3. The first-order chi connectivity index (χ1) is 21.2. The number of hydrogen-bond acceptors (Lipinski definition) is 7. The highest BCUT2D eigenvalue weighted by atomic mass is 32.2. The van der Waals surface area contributed by atoms with E-state index in [1.165, 1.54) is 7.11 Å². The zero-order valence-electron chi connectivity index (χ0n) is 27.7. The number of carbonyl (C=O) groups excluding carboxylic acids is 3. The summed E-state index contributed by atoms with van der Waals surface area (Å²) in [5.41, 5.74) is 2.83. The van der Waals surface area contributed by atoms with Gasteiger partial charge in [-0.2, -0.15) is 11.8 Å². The summed E-state index contributed by atoms with van der Waals surface area (Å²) in [5.74, 6) is -1.32. The Morgan fingerprint density at radius 2 is 1.38 bits per heavy atom. The highest BCUT2D eigenvalue weighted by Crippen LogP contribution is 2.29. The van der Waals surface area contributed by atoms with Gasteiger partial charge in [0.2, 0.25) is 5.91 Å². The second-order valence-electron chi connectivity index (χ2n) is 13.1. The van der Waals surface area contributed by atoms with Gasteiger partial charge in [0.25, 0.3) is 0 Å². The Labute approximate surface area is 272 Å². The number of methoxy groups -OCH3 is 2. The van der Waals surface area contributed by atoms with Crippen molar-refractivity contribution in [3.63, 3.8) is 0 Å². The summed E-state index contributed by atoms with van der Waals surface area (Å²) in [6.45, 7) is 11.7. The molecule has 7 nitrogen and oxygen atoms in total. The van der Waals surface area contributed by atoms with Crippen molar-refractivity contribution in [3.05, 3.63) is 101 Å². The molecule has 8 heteroatoms. The van der Waals surface area contributed by atoms with Crippen LogP contribution in [0, 0.1) is 11.8 Å². The molecule has 0 radical (unpaired) electrons. The SMILES string of the molecule is COC(=O)C(Cc1ccccc1)C(CSCc1ccc(OC)cc1)C(=O)N[C@@H](C(=O)OC(C)(C)C)c1ccc(C(C)(C)C)cc1. The van der Waals surface area contributed by atoms with Gasteiger partial charge in [-0.1, -0.05) is 87.5 Å². The smallest absolute Gasteiger partial charge is 0.333 e. The van der Waals surface area contributed by atoms with Gasteiger partial charge in [-0.25, -0.2) is 4.79 Å². The number of hydrogen-bond donors (Lipinski definition) is 1. The maximum absolute atomic E-state index is 14.2. The van der Waals surface area contributed by atoms with E-state index in [1.54, 1.807) is 39.6 Å². The Morgan fingerprint density at radius 3 is 1.91 bits per heavy atom. The number of carbonyl (C=O) groups is 3. The Hall–Kier alpha value is -3.78. The quantitative estimate of drug-likeness (QED) is 0.201. The van der Waals surface area contributed by atoms with Crippen molar-refractivity contribution in [1.82, 2.24) is 5.32 Å². The first-order valence-electron chi connectivity index (χ1n) is 15.2. The Balaban J connectivity index is 1.96. The molecule has 0 heterocycles. The van der Waals surface area contributed by atoms with E-state index < -0.39 is 41.3 Å². The van der Waals surface area contributed by atoms with E-state index in [0.717, 1.165) is 22.4 Å². The number of thioether (sulfide) groups is 1. The molecule has 3 aromatic rings. The number of nitrogens with one attached hydrogen (secondary N) is 1. The van der Waals surface area contributed by atoms with Crippen molar-refractivity contribution in [2.45, 2.75) is 70.8 Å². The summed E-state index contributed by atoms with van der Waals surface area (Å²) in [6.07, 6.45) is 0.312. The average molecular weight is 634 g/mol. The third kappa shape index (κ3) is 11.0. The van der Waals surface area contributed by atoms with Crippen LogP contribution in [0.5, 0.6) is 5.75 Å². The Kier molecular flexibility index (Phi) is 12.7. The van der Waals surface area contributed by atoms with Crippen LogP contribution in [0.2, 0.25) is 0 Å². The zero-order chi connectivity index (χ0) is 33.2. The van der Waals surface area contributed by atoms with Crippen molar-refractivity contribution >= 4 is 29.6 Å². The van der Waals surface area contributed by atoms with Crippen LogP contribution in [0.4, 0.5) is 0 Å². The zero-order valence-corrected chi connectivity index (χ0v) is 28.5. The predicted octanol–water partition coefficient (Wildman–Crippen LogP) is 7.07. The van der Waals surface area contributed by atoms with E-state index >= 15 is 0 Å². The molecule has 0 aliphatic carbocycles. The van der Waals surface area contributed by atoms with Crippen LogP contribution in [-0.2, 0) is 41.4 Å². The molecule has 3 aromatic carbocycles. The average Bonchev–Trinajstić information content (AvgIpc) is 3.00. The molecule has 1 amide bonds. The molecule has 2 unspecified atom stereocenters. The molecule has 0 spiro atoms. The standard InChI is InChI=1S/C37H47NO6S/c1-36(2,3)28-18-16-27(17-19-28)32(35(41)44-37(4,5)6)38-33(39)31(24-45-23-26-14-20-29(42-7)21-15-26)30(34(40)43-8)22-25-12-10-9-11-13-25/h9-21,30-32H,22-24H2,1-8H3,(H,38,39)/t30?,31?,32-/m1/s1. The highest BCUT2D eigenvalue weighted by Gasteiger charge is 2.38. The predicted molar refractivity (Wildman–Crippen MR) is 180 cm³/mol. The van der Waals surface area contributed by atoms with Gasteiger partial charge in [-0.05, 0) is 67.0 Å². The molecule has 45 heavy (non-hydrogen) atoms. The van der Waals surface area contributed by atoms with E-state index in [0.29, 0.717) is 23.5 Å². The number of amides is 1. The van der Waals surface area contributed by atoms with Crippen LogP contribution >= 0.6 is 11.8 Å². The van der Waals surface area contributed by atoms with Crippen LogP contribution in [0.3, 0.4) is 0 Å². The molecule has 3 rings (SSSR count). The fourth-order valence-corrected chi connectivity index (χ4v) is 6.06. The second-order valence-corrected chi connectivity index (χ2v) is 14.2. The van der Waals surface area contributed by atoms with E-state index in [-0.39, 0.29) is 5.41 Å². The molecule has 1 N–H and O–H groups in total. The lowest BCUT2D eigenvalue weighted by molar-refractivity contribution is -0.159. The second kappa shape index (κ2) is 16.0. The van der Waals surface area contributed by atoms with Gasteiger partial charge in [0, 0.05) is 11.5 Å². The first-order valence-corrected chi connectivity index (χ1v) is 16.3. The lowest BCUT2D eigenvalue weighted by atomic mass is 9.85. The molecule has 0 aromatic heterocycles. The third-order valence-electron chi connectivity index (χ3n) is 7.39. The third-order valence-corrected chi connectivity index (χ3v) is 8.52. The molecular weight excluding hydrogens is 586 g/mol. The van der Waals surface area contributed by atoms with Crippen molar-refractivity contribution in [2.75, 3.05) is 20.0 Å². The summed E-state index contributed by atoms with van der Waals surface area (Å²) in [4.78, 5) is 41.1. The van der Waals surface area contributed by atoms with Gasteiger partial charge in [-0.3, -0.25) is 9.59 Å². The molecule has 0 fully saturated rings. The molecule has 0 saturated carbocycles. The van der Waals surface area contributed by atoms with Crippen molar-refractivity contribution in [1.29, 1.82) is 0 Å². The lowest BCUT2D eigenvalue weighted by Crippen LogP contribution is -2.45. The van der Waals surface area contributed by atoms with Gasteiger partial charge in [0.1, 0.15) is 11.4 Å². The molecule has 0 aliphatic heterocycles. The molecule has 3 atom stereocenters. The van der Waals surface area contributed by atoms with Gasteiger partial charge >= 0.3 is 11.9 Å². The largest absolute Gasteiger partial charge is 0.497 e. The molecule has 0 saturated heterocycles. The molecule has 0 aliphatic rings. The molecular formula is C37H47NO6S. The summed E-state index contributed by atoms with van der Waals surface area (Å²) in [5, 5.41) is 2.97. The molecule has 0 bridgehead atoms. The van der Waals surface area contributed by atoms with E-state index in [4.69, 9.17) is 14.2 Å². The topological polar surface area (TPSA) is 90.9 Å². The lowest BCUT2D eigenvalue weighted by Gasteiger charge is -2.29. The maximum Gasteiger partial charge on any atom is 0.333 e. The minimum absolute atomic E-state index is 0.0828. The summed E-state index contributed by atoms with van der Waals surface area (Å²) < 4.78 is 16.2. The highest BCUT2D eigenvalue weighted by molar-refractivity contribution is 7.98. The van der Waals surface area contributed by atoms with Gasteiger partial charge in [0.05, 0.1) is 26.1 Å². The van der Waals surface area contributed by atoms with Crippen LogP contribution in [0.15, 0.2) is 78.9 Å². The molecule has 242 valence electrons. The monoisotopic (exact) mass is 633 g/mol. The minimum Gasteiger partial charge on any atom is -0.497 e. The van der Waals surface area contributed by atoms with Crippen LogP contribution < -0.4 is 10.1 Å². The normalized spacial score (nSPS) is 13.7. The number of benzene rings is 3. The van der Waals surface area contributed by atoms with E-state index in [2.05, 4.69) is 26.1 Å². The fraction of sp³-hybridized carbons (Fsp3) is 0.432.